The average molecular weight is 330 g/mol. The molecule has 4 rings (SSSR count). The minimum atomic E-state index is -0.0390. The SMILES string of the molecule is O=C(Nc1ccc2c(c1)OCO2)N(CCc1cccs1)C1CC1. The molecule has 1 N–H and O–H groups in total. The van der Waals surface area contributed by atoms with Crippen molar-refractivity contribution >= 4 is 23.1 Å². The fraction of sp³-hybridized carbons (Fsp3) is 0.353. The van der Waals surface area contributed by atoms with E-state index in [0.717, 1.165) is 37.2 Å². The van der Waals surface area contributed by atoms with Gasteiger partial charge >= 0.3 is 6.03 Å². The molecule has 1 saturated carbocycles. The van der Waals surface area contributed by atoms with Crippen LogP contribution in [0.1, 0.15) is 17.7 Å². The Kier molecular flexibility index (Phi) is 3.83. The van der Waals surface area contributed by atoms with Crippen molar-refractivity contribution in [3.05, 3.63) is 40.6 Å². The number of nitrogens with one attached hydrogen (secondary N) is 1. The Morgan fingerprint density at radius 1 is 1.26 bits per heavy atom. The van der Waals surface area contributed by atoms with Crippen molar-refractivity contribution in [3.8, 4) is 11.5 Å². The standard InChI is InChI=1S/C17H18N2O3S/c20-17(18-12-3-6-15-16(10-12)22-11-21-15)19(13-4-5-13)8-7-14-2-1-9-23-14/h1-3,6,9-10,13H,4-5,7-8,11H2,(H,18,20). The molecule has 0 radical (unpaired) electrons. The third kappa shape index (κ3) is 3.27. The molecule has 0 unspecified atom stereocenters. The summed E-state index contributed by atoms with van der Waals surface area (Å²) in [5.41, 5.74) is 0.737. The van der Waals surface area contributed by atoms with E-state index in [-0.39, 0.29) is 12.8 Å². The number of fused-ring (bicyclic) bond motifs is 1. The van der Waals surface area contributed by atoms with E-state index in [0.29, 0.717) is 11.8 Å². The van der Waals surface area contributed by atoms with Crippen molar-refractivity contribution in [3.63, 3.8) is 0 Å². The molecule has 0 saturated heterocycles. The summed E-state index contributed by atoms with van der Waals surface area (Å²) < 4.78 is 10.6. The zero-order valence-electron chi connectivity index (χ0n) is 12.7. The van der Waals surface area contributed by atoms with Crippen LogP contribution in [0.3, 0.4) is 0 Å². The minimum absolute atomic E-state index is 0.0390. The number of rotatable bonds is 5. The maximum Gasteiger partial charge on any atom is 0.322 e. The highest BCUT2D eigenvalue weighted by Crippen LogP contribution is 2.34. The Morgan fingerprint density at radius 2 is 2.13 bits per heavy atom. The molecule has 2 amide bonds. The second-order valence-corrected chi connectivity index (χ2v) is 6.78. The van der Waals surface area contributed by atoms with Gasteiger partial charge in [0.2, 0.25) is 6.79 Å². The van der Waals surface area contributed by atoms with Gasteiger partial charge in [-0.15, -0.1) is 11.3 Å². The molecule has 1 aromatic heterocycles. The molecule has 120 valence electrons. The van der Waals surface area contributed by atoms with Crippen LogP contribution in [0.4, 0.5) is 10.5 Å². The van der Waals surface area contributed by atoms with Gasteiger partial charge in [-0.1, -0.05) is 6.07 Å². The number of nitrogens with zero attached hydrogens (tertiary/aromatic N) is 1. The van der Waals surface area contributed by atoms with Crippen LogP contribution in [-0.4, -0.2) is 30.3 Å². The molecule has 1 fully saturated rings. The largest absolute Gasteiger partial charge is 0.454 e. The summed E-state index contributed by atoms with van der Waals surface area (Å²) in [6, 6.07) is 9.98. The summed E-state index contributed by atoms with van der Waals surface area (Å²) in [7, 11) is 0. The van der Waals surface area contributed by atoms with Gasteiger partial charge in [0.05, 0.1) is 0 Å². The molecule has 2 aromatic rings. The van der Waals surface area contributed by atoms with Gasteiger partial charge in [0.1, 0.15) is 0 Å². The Bertz CT molecular complexity index is 698. The third-order valence-electron chi connectivity index (χ3n) is 4.05. The number of benzene rings is 1. The summed E-state index contributed by atoms with van der Waals surface area (Å²) in [4.78, 5) is 15.9. The van der Waals surface area contributed by atoms with Crippen LogP contribution >= 0.6 is 11.3 Å². The zero-order valence-corrected chi connectivity index (χ0v) is 13.5. The van der Waals surface area contributed by atoms with E-state index in [1.807, 2.05) is 29.2 Å². The van der Waals surface area contributed by atoms with E-state index < -0.39 is 0 Å². The first-order chi connectivity index (χ1) is 11.3. The first kappa shape index (κ1) is 14.4. The van der Waals surface area contributed by atoms with Gasteiger partial charge in [-0.2, -0.15) is 0 Å². The van der Waals surface area contributed by atoms with E-state index in [1.165, 1.54) is 4.88 Å². The van der Waals surface area contributed by atoms with Gasteiger partial charge in [0, 0.05) is 29.2 Å². The van der Waals surface area contributed by atoms with Crippen LogP contribution in [0, 0.1) is 0 Å². The molecule has 5 nitrogen and oxygen atoms in total. The predicted molar refractivity (Wildman–Crippen MR) is 89.3 cm³/mol. The van der Waals surface area contributed by atoms with Crippen molar-refractivity contribution in [2.24, 2.45) is 0 Å². The number of carbonyl (C=O) groups is 1. The van der Waals surface area contributed by atoms with E-state index in [2.05, 4.69) is 16.8 Å². The van der Waals surface area contributed by atoms with Crippen molar-refractivity contribution < 1.29 is 14.3 Å². The molecule has 1 aliphatic heterocycles. The van der Waals surface area contributed by atoms with Gasteiger partial charge in [-0.3, -0.25) is 0 Å². The van der Waals surface area contributed by atoms with Gasteiger partial charge in [0.15, 0.2) is 11.5 Å². The average Bonchev–Trinajstić information content (AvgIpc) is 3.06. The lowest BCUT2D eigenvalue weighted by atomic mass is 10.3. The predicted octanol–water partition coefficient (Wildman–Crippen LogP) is 3.72. The van der Waals surface area contributed by atoms with Gasteiger partial charge in [0.25, 0.3) is 0 Å². The van der Waals surface area contributed by atoms with Gasteiger partial charge in [-0.25, -0.2) is 4.79 Å². The molecular formula is C17H18N2O3S. The lowest BCUT2D eigenvalue weighted by molar-refractivity contribution is 0.174. The zero-order chi connectivity index (χ0) is 15.6. The van der Waals surface area contributed by atoms with E-state index in [1.54, 1.807) is 11.3 Å². The third-order valence-corrected chi connectivity index (χ3v) is 4.99. The summed E-state index contributed by atoms with van der Waals surface area (Å²) in [6.07, 6.45) is 3.10. The van der Waals surface area contributed by atoms with Crippen LogP contribution < -0.4 is 14.8 Å². The molecule has 0 bridgehead atoms. The molecule has 1 aromatic carbocycles. The van der Waals surface area contributed by atoms with Crippen molar-refractivity contribution in [1.29, 1.82) is 0 Å². The molecule has 6 heteroatoms. The first-order valence-electron chi connectivity index (χ1n) is 7.79. The number of hydrogen-bond acceptors (Lipinski definition) is 4. The number of carbonyl (C=O) groups excluding carboxylic acids is 1. The highest BCUT2D eigenvalue weighted by Gasteiger charge is 2.32. The molecule has 2 heterocycles. The fourth-order valence-corrected chi connectivity index (χ4v) is 3.39. The van der Waals surface area contributed by atoms with Crippen LogP contribution in [-0.2, 0) is 6.42 Å². The van der Waals surface area contributed by atoms with Crippen molar-refractivity contribution in [1.82, 2.24) is 4.90 Å². The van der Waals surface area contributed by atoms with Crippen molar-refractivity contribution in [2.75, 3.05) is 18.7 Å². The van der Waals surface area contributed by atoms with Gasteiger partial charge < -0.3 is 19.7 Å². The monoisotopic (exact) mass is 330 g/mol. The molecule has 1 aliphatic carbocycles. The Balaban J connectivity index is 1.41. The van der Waals surface area contributed by atoms with Gasteiger partial charge in [-0.05, 0) is 42.8 Å². The van der Waals surface area contributed by atoms with Crippen molar-refractivity contribution in [2.45, 2.75) is 25.3 Å². The molecule has 0 spiro atoms. The maximum absolute atomic E-state index is 12.6. The maximum atomic E-state index is 12.6. The Labute approximate surface area is 138 Å². The number of urea groups is 1. The molecular weight excluding hydrogens is 312 g/mol. The number of ether oxygens (including phenoxy) is 2. The number of thiophene rings is 1. The summed E-state index contributed by atoms with van der Waals surface area (Å²) in [5.74, 6) is 1.40. The molecule has 0 atom stereocenters. The smallest absolute Gasteiger partial charge is 0.322 e. The van der Waals surface area contributed by atoms with Crippen LogP contribution in [0.25, 0.3) is 0 Å². The highest BCUT2D eigenvalue weighted by atomic mass is 32.1. The second kappa shape index (κ2) is 6.12. The number of anilines is 1. The van der Waals surface area contributed by atoms with Crippen LogP contribution in [0.2, 0.25) is 0 Å². The van der Waals surface area contributed by atoms with Crippen LogP contribution in [0.15, 0.2) is 35.7 Å². The second-order valence-electron chi connectivity index (χ2n) is 5.75. The first-order valence-corrected chi connectivity index (χ1v) is 8.67. The van der Waals surface area contributed by atoms with E-state index in [4.69, 9.17) is 9.47 Å². The lowest BCUT2D eigenvalue weighted by Gasteiger charge is -2.22. The van der Waals surface area contributed by atoms with Crippen LogP contribution in [0.5, 0.6) is 11.5 Å². The quantitative estimate of drug-likeness (QED) is 0.909. The highest BCUT2D eigenvalue weighted by molar-refractivity contribution is 7.09. The topological polar surface area (TPSA) is 50.8 Å². The summed E-state index contributed by atoms with van der Waals surface area (Å²) in [6.45, 7) is 0.989. The summed E-state index contributed by atoms with van der Waals surface area (Å²) in [5, 5.41) is 5.05. The fourth-order valence-electron chi connectivity index (χ4n) is 2.69. The Hall–Kier alpha value is -2.21. The molecule has 2 aliphatic rings. The van der Waals surface area contributed by atoms with E-state index in [9.17, 15) is 4.79 Å². The van der Waals surface area contributed by atoms with E-state index >= 15 is 0 Å². The summed E-state index contributed by atoms with van der Waals surface area (Å²) >= 11 is 1.74. The lowest BCUT2D eigenvalue weighted by Crippen LogP contribution is -2.38. The Morgan fingerprint density at radius 3 is 2.91 bits per heavy atom. The number of hydrogen-bond donors (Lipinski definition) is 1. The molecule has 23 heavy (non-hydrogen) atoms. The minimum Gasteiger partial charge on any atom is -0.454 e. The number of amides is 2. The normalized spacial score (nSPS) is 15.5.